The van der Waals surface area contributed by atoms with Crippen LogP contribution in [0.5, 0.6) is 0 Å². The lowest BCUT2D eigenvalue weighted by Gasteiger charge is -2.22. The number of nitrogens with zero attached hydrogens (tertiary/aromatic N) is 3. The average molecular weight is 431 g/mol. The van der Waals surface area contributed by atoms with E-state index in [2.05, 4.69) is 20.4 Å². The second-order valence-electron chi connectivity index (χ2n) is 7.31. The Balaban J connectivity index is 1.45. The maximum Gasteiger partial charge on any atom is 0.263 e. The number of nitrogens with one attached hydrogen (secondary N) is 1. The summed E-state index contributed by atoms with van der Waals surface area (Å²) in [6.07, 6.45) is 4.12. The smallest absolute Gasteiger partial charge is 0.263 e. The summed E-state index contributed by atoms with van der Waals surface area (Å²) in [5.41, 5.74) is 2.82. The normalized spacial score (nSPS) is 14.8. The summed E-state index contributed by atoms with van der Waals surface area (Å²) < 4.78 is 23.9. The van der Waals surface area contributed by atoms with Crippen molar-refractivity contribution in [2.45, 2.75) is 45.6 Å². The van der Waals surface area contributed by atoms with Crippen LogP contribution < -0.4 is 5.32 Å². The van der Waals surface area contributed by atoms with Crippen LogP contribution in [0.3, 0.4) is 0 Å². The van der Waals surface area contributed by atoms with Gasteiger partial charge in [-0.1, -0.05) is 5.16 Å². The summed E-state index contributed by atoms with van der Waals surface area (Å²) >= 11 is 1.42. The van der Waals surface area contributed by atoms with Gasteiger partial charge < -0.3 is 14.6 Å². The minimum atomic E-state index is -0.398. The molecule has 0 atom stereocenters. The van der Waals surface area contributed by atoms with Crippen LogP contribution in [0.15, 0.2) is 22.9 Å². The van der Waals surface area contributed by atoms with E-state index in [9.17, 15) is 9.18 Å². The molecule has 30 heavy (non-hydrogen) atoms. The Bertz CT molecular complexity index is 1030. The summed E-state index contributed by atoms with van der Waals surface area (Å²) in [5.74, 6) is 0.229. The summed E-state index contributed by atoms with van der Waals surface area (Å²) in [6.45, 7) is 5.06. The topological polar surface area (TPSA) is 90.1 Å². The number of carbonyl (C=O) groups excluding carboxylic acids is 1. The Hall–Kier alpha value is -2.65. The van der Waals surface area contributed by atoms with Gasteiger partial charge in [0.05, 0.1) is 22.6 Å². The SMILES string of the molecule is Cc1nc(CCc2c(-c3ccc(F)cn3)noc2C)sc1C(=O)NC1CCOCC1. The molecule has 0 radical (unpaired) electrons. The third-order valence-electron chi connectivity index (χ3n) is 5.15. The molecule has 0 saturated carbocycles. The molecule has 0 unspecified atom stereocenters. The Labute approximate surface area is 177 Å². The van der Waals surface area contributed by atoms with Gasteiger partial charge in [-0.25, -0.2) is 9.37 Å². The minimum absolute atomic E-state index is 0.0690. The fourth-order valence-corrected chi connectivity index (χ4v) is 4.46. The van der Waals surface area contributed by atoms with Gasteiger partial charge in [-0.3, -0.25) is 9.78 Å². The second-order valence-corrected chi connectivity index (χ2v) is 8.39. The van der Waals surface area contributed by atoms with Crippen molar-refractivity contribution in [3.8, 4) is 11.4 Å². The van der Waals surface area contributed by atoms with E-state index >= 15 is 0 Å². The summed E-state index contributed by atoms with van der Waals surface area (Å²) in [5, 5.41) is 8.06. The number of amides is 1. The highest BCUT2D eigenvalue weighted by Crippen LogP contribution is 2.27. The van der Waals surface area contributed by atoms with E-state index in [0.717, 1.165) is 35.3 Å². The highest BCUT2D eigenvalue weighted by atomic mass is 32.1. The number of rotatable bonds is 6. The van der Waals surface area contributed by atoms with E-state index < -0.39 is 5.82 Å². The van der Waals surface area contributed by atoms with Crippen LogP contribution in [0, 0.1) is 19.7 Å². The number of aromatic nitrogens is 3. The van der Waals surface area contributed by atoms with Gasteiger partial charge in [-0.15, -0.1) is 11.3 Å². The maximum atomic E-state index is 13.2. The molecule has 0 bridgehead atoms. The number of carbonyl (C=O) groups is 1. The molecule has 1 aliphatic rings. The van der Waals surface area contributed by atoms with Gasteiger partial charge in [-0.2, -0.15) is 0 Å². The van der Waals surface area contributed by atoms with E-state index in [1.165, 1.54) is 17.4 Å². The first-order valence-corrected chi connectivity index (χ1v) is 10.7. The van der Waals surface area contributed by atoms with Gasteiger partial charge in [0.1, 0.15) is 22.1 Å². The van der Waals surface area contributed by atoms with Gasteiger partial charge in [0.15, 0.2) is 0 Å². The fourth-order valence-electron chi connectivity index (χ4n) is 3.50. The summed E-state index contributed by atoms with van der Waals surface area (Å²) in [7, 11) is 0. The molecular formula is C21H23FN4O3S. The fraction of sp³-hybridized carbons (Fsp3) is 0.429. The molecule has 3 aromatic heterocycles. The van der Waals surface area contributed by atoms with Crippen molar-refractivity contribution in [1.82, 2.24) is 20.4 Å². The standard InChI is InChI=1S/C21H23FN4O3S/c1-12-20(21(27)25-15-7-9-28-10-8-15)30-18(24-12)6-4-16-13(2)29-26-19(16)17-5-3-14(22)11-23-17/h3,5,11,15H,4,6-10H2,1-2H3,(H,25,27). The van der Waals surface area contributed by atoms with E-state index in [0.29, 0.717) is 48.1 Å². The molecule has 3 aromatic rings. The maximum absolute atomic E-state index is 13.2. The first-order valence-electron chi connectivity index (χ1n) is 9.93. The number of hydrogen-bond donors (Lipinski definition) is 1. The summed E-state index contributed by atoms with van der Waals surface area (Å²) in [6, 6.07) is 3.09. The van der Waals surface area contributed by atoms with Crippen molar-refractivity contribution in [2.24, 2.45) is 0 Å². The van der Waals surface area contributed by atoms with Crippen LogP contribution in [0.1, 0.15) is 44.5 Å². The molecule has 1 aliphatic heterocycles. The number of aryl methyl sites for hydroxylation is 3. The predicted molar refractivity (Wildman–Crippen MR) is 110 cm³/mol. The first kappa shape index (κ1) is 20.6. The van der Waals surface area contributed by atoms with Crippen molar-refractivity contribution in [3.63, 3.8) is 0 Å². The van der Waals surface area contributed by atoms with Crippen molar-refractivity contribution in [2.75, 3.05) is 13.2 Å². The molecule has 9 heteroatoms. The molecule has 1 N–H and O–H groups in total. The lowest BCUT2D eigenvalue weighted by Crippen LogP contribution is -2.38. The molecule has 1 amide bonds. The summed E-state index contributed by atoms with van der Waals surface area (Å²) in [4.78, 5) is 22.0. The molecule has 1 fully saturated rings. The molecule has 0 spiro atoms. The third-order valence-corrected chi connectivity index (χ3v) is 6.36. The van der Waals surface area contributed by atoms with E-state index in [-0.39, 0.29) is 11.9 Å². The van der Waals surface area contributed by atoms with Gasteiger partial charge in [0.2, 0.25) is 0 Å². The second kappa shape index (κ2) is 9.01. The molecule has 4 rings (SSSR count). The average Bonchev–Trinajstić information content (AvgIpc) is 3.30. The van der Waals surface area contributed by atoms with Crippen LogP contribution in [0.25, 0.3) is 11.4 Å². The van der Waals surface area contributed by atoms with E-state index in [4.69, 9.17) is 9.26 Å². The molecule has 0 aromatic carbocycles. The van der Waals surface area contributed by atoms with Gasteiger partial charge in [0.25, 0.3) is 5.91 Å². The van der Waals surface area contributed by atoms with Gasteiger partial charge in [0, 0.05) is 31.2 Å². The Morgan fingerprint density at radius 3 is 2.80 bits per heavy atom. The predicted octanol–water partition coefficient (Wildman–Crippen LogP) is 3.64. The van der Waals surface area contributed by atoms with Gasteiger partial charge in [-0.05, 0) is 45.2 Å². The van der Waals surface area contributed by atoms with E-state index in [1.54, 1.807) is 6.07 Å². The largest absolute Gasteiger partial charge is 0.381 e. The van der Waals surface area contributed by atoms with Crippen LogP contribution in [-0.2, 0) is 17.6 Å². The van der Waals surface area contributed by atoms with E-state index in [1.807, 2.05) is 13.8 Å². The van der Waals surface area contributed by atoms with Crippen molar-refractivity contribution >= 4 is 17.2 Å². The molecule has 1 saturated heterocycles. The molecule has 4 heterocycles. The number of ether oxygens (including phenoxy) is 1. The molecule has 0 aliphatic carbocycles. The lowest BCUT2D eigenvalue weighted by atomic mass is 10.1. The molecule has 158 valence electrons. The zero-order valence-electron chi connectivity index (χ0n) is 16.9. The lowest BCUT2D eigenvalue weighted by molar-refractivity contribution is 0.0698. The van der Waals surface area contributed by atoms with Crippen molar-refractivity contribution < 1.29 is 18.4 Å². The number of pyridine rings is 1. The molecular weight excluding hydrogens is 407 g/mol. The van der Waals surface area contributed by atoms with Crippen LogP contribution in [0.4, 0.5) is 4.39 Å². The van der Waals surface area contributed by atoms with Crippen LogP contribution >= 0.6 is 11.3 Å². The number of halogens is 1. The zero-order chi connectivity index (χ0) is 21.1. The Morgan fingerprint density at radius 1 is 1.27 bits per heavy atom. The van der Waals surface area contributed by atoms with Crippen molar-refractivity contribution in [3.05, 3.63) is 51.0 Å². The minimum Gasteiger partial charge on any atom is -0.381 e. The van der Waals surface area contributed by atoms with Gasteiger partial charge >= 0.3 is 0 Å². The number of thiazole rings is 1. The Morgan fingerprint density at radius 2 is 2.07 bits per heavy atom. The van der Waals surface area contributed by atoms with Crippen LogP contribution in [0.2, 0.25) is 0 Å². The zero-order valence-corrected chi connectivity index (χ0v) is 17.7. The Kier molecular flexibility index (Phi) is 6.19. The molecule has 7 nitrogen and oxygen atoms in total. The number of hydrogen-bond acceptors (Lipinski definition) is 7. The highest BCUT2D eigenvalue weighted by Gasteiger charge is 2.22. The quantitative estimate of drug-likeness (QED) is 0.642. The first-order chi connectivity index (χ1) is 14.5. The highest BCUT2D eigenvalue weighted by molar-refractivity contribution is 7.13. The van der Waals surface area contributed by atoms with Crippen LogP contribution in [-0.4, -0.2) is 40.3 Å². The third kappa shape index (κ3) is 4.57. The monoisotopic (exact) mass is 430 g/mol. The van der Waals surface area contributed by atoms with Crippen molar-refractivity contribution in [1.29, 1.82) is 0 Å².